The van der Waals surface area contributed by atoms with E-state index in [1.807, 2.05) is 6.07 Å². The van der Waals surface area contributed by atoms with Gasteiger partial charge in [0.25, 0.3) is 5.91 Å². The number of amides is 1. The van der Waals surface area contributed by atoms with Crippen molar-refractivity contribution in [1.82, 2.24) is 4.73 Å². The third-order valence-electron chi connectivity index (χ3n) is 2.18. The van der Waals surface area contributed by atoms with Crippen molar-refractivity contribution in [1.29, 1.82) is 0 Å². The first-order chi connectivity index (χ1) is 8.16. The Hall–Kier alpha value is -2.56. The monoisotopic (exact) mass is 230 g/mol. The summed E-state index contributed by atoms with van der Waals surface area (Å²) in [6.07, 6.45) is 2.24. The zero-order valence-corrected chi connectivity index (χ0v) is 8.83. The highest BCUT2D eigenvalue weighted by Crippen LogP contribution is 2.06. The number of pyridine rings is 1. The van der Waals surface area contributed by atoms with Gasteiger partial charge in [0.2, 0.25) is 0 Å². The number of hydrogen-bond donors (Lipinski definition) is 2. The largest absolute Gasteiger partial charge is 0.429 e. The lowest BCUT2D eigenvalue weighted by atomic mass is 10.2. The molecule has 17 heavy (non-hydrogen) atoms. The molecule has 0 fully saturated rings. The van der Waals surface area contributed by atoms with E-state index in [0.29, 0.717) is 10.4 Å². The van der Waals surface area contributed by atoms with E-state index in [9.17, 15) is 9.59 Å². The molecule has 0 unspecified atom stereocenters. The predicted molar refractivity (Wildman–Crippen MR) is 62.3 cm³/mol. The standard InChI is InChI=1S/C12H10N2O3/c15-11-6-7-14(17)8-10(11)12(16)13-9-4-2-1-3-5-9/h1-8,17H,(H,13,16). The average Bonchev–Trinajstić information content (AvgIpc) is 2.33. The maximum atomic E-state index is 11.8. The summed E-state index contributed by atoms with van der Waals surface area (Å²) >= 11 is 0. The summed E-state index contributed by atoms with van der Waals surface area (Å²) in [5, 5.41) is 11.7. The molecule has 86 valence electrons. The Kier molecular flexibility index (Phi) is 2.91. The minimum absolute atomic E-state index is 0.112. The van der Waals surface area contributed by atoms with Gasteiger partial charge in [-0.3, -0.25) is 9.59 Å². The van der Waals surface area contributed by atoms with E-state index in [1.165, 1.54) is 6.20 Å². The summed E-state index contributed by atoms with van der Waals surface area (Å²) in [5.74, 6) is -0.551. The number of carbonyl (C=O) groups excluding carboxylic acids is 1. The number of rotatable bonds is 2. The van der Waals surface area contributed by atoms with Crippen LogP contribution in [0.5, 0.6) is 0 Å². The van der Waals surface area contributed by atoms with Crippen molar-refractivity contribution in [2.75, 3.05) is 5.32 Å². The highest BCUT2D eigenvalue weighted by Gasteiger charge is 2.10. The van der Waals surface area contributed by atoms with Gasteiger partial charge in [0, 0.05) is 18.0 Å². The Morgan fingerprint density at radius 2 is 1.88 bits per heavy atom. The van der Waals surface area contributed by atoms with Crippen LogP contribution in [0.3, 0.4) is 0 Å². The van der Waals surface area contributed by atoms with Crippen molar-refractivity contribution >= 4 is 11.6 Å². The maximum absolute atomic E-state index is 11.8. The fourth-order valence-corrected chi connectivity index (χ4v) is 1.36. The lowest BCUT2D eigenvalue weighted by Crippen LogP contribution is -2.22. The Balaban J connectivity index is 2.26. The van der Waals surface area contributed by atoms with E-state index in [-0.39, 0.29) is 5.56 Å². The van der Waals surface area contributed by atoms with E-state index in [4.69, 9.17) is 5.21 Å². The Morgan fingerprint density at radius 1 is 1.18 bits per heavy atom. The molecule has 0 atom stereocenters. The van der Waals surface area contributed by atoms with Gasteiger partial charge >= 0.3 is 0 Å². The molecule has 0 saturated carbocycles. The fraction of sp³-hybridized carbons (Fsp3) is 0. The van der Waals surface area contributed by atoms with Crippen LogP contribution in [0.2, 0.25) is 0 Å². The smallest absolute Gasteiger partial charge is 0.261 e. The molecule has 0 aliphatic heterocycles. The topological polar surface area (TPSA) is 71.3 Å². The van der Waals surface area contributed by atoms with Gasteiger partial charge in [-0.25, -0.2) is 4.73 Å². The molecule has 2 aromatic rings. The van der Waals surface area contributed by atoms with Crippen molar-refractivity contribution in [3.8, 4) is 0 Å². The van der Waals surface area contributed by atoms with Crippen molar-refractivity contribution in [2.24, 2.45) is 0 Å². The molecule has 5 heteroatoms. The third kappa shape index (κ3) is 2.52. The average molecular weight is 230 g/mol. The Morgan fingerprint density at radius 3 is 2.59 bits per heavy atom. The van der Waals surface area contributed by atoms with Crippen molar-refractivity contribution < 1.29 is 10.0 Å². The van der Waals surface area contributed by atoms with Crippen LogP contribution in [0.15, 0.2) is 53.6 Å². The van der Waals surface area contributed by atoms with Crippen LogP contribution in [-0.4, -0.2) is 15.8 Å². The Labute approximate surface area is 96.9 Å². The highest BCUT2D eigenvalue weighted by atomic mass is 16.5. The summed E-state index contributed by atoms with van der Waals surface area (Å²) in [5.41, 5.74) is 0.0350. The molecule has 1 amide bonds. The molecule has 2 N–H and O–H groups in total. The zero-order chi connectivity index (χ0) is 12.3. The van der Waals surface area contributed by atoms with Crippen molar-refractivity contribution in [3.63, 3.8) is 0 Å². The van der Waals surface area contributed by atoms with E-state index >= 15 is 0 Å². The number of anilines is 1. The Bertz CT molecular complexity index is 590. The van der Waals surface area contributed by atoms with Gasteiger partial charge in [0.05, 0.1) is 6.20 Å². The van der Waals surface area contributed by atoms with Crippen LogP contribution >= 0.6 is 0 Å². The summed E-state index contributed by atoms with van der Waals surface area (Å²) in [6.45, 7) is 0. The third-order valence-corrected chi connectivity index (χ3v) is 2.18. The number of nitrogens with zero attached hydrogens (tertiary/aromatic N) is 1. The molecule has 0 aliphatic carbocycles. The van der Waals surface area contributed by atoms with E-state index in [2.05, 4.69) is 5.32 Å². The number of nitrogens with one attached hydrogen (secondary N) is 1. The summed E-state index contributed by atoms with van der Waals surface area (Å²) in [6, 6.07) is 9.89. The molecule has 1 heterocycles. The van der Waals surface area contributed by atoms with Crippen LogP contribution in [-0.2, 0) is 0 Å². The van der Waals surface area contributed by atoms with Gasteiger partial charge in [0.1, 0.15) is 5.56 Å². The lowest BCUT2D eigenvalue weighted by Gasteiger charge is -2.04. The summed E-state index contributed by atoms with van der Waals surface area (Å²) in [4.78, 5) is 23.2. The first kappa shape index (κ1) is 10.9. The number of carbonyl (C=O) groups is 1. The van der Waals surface area contributed by atoms with Crippen LogP contribution in [0, 0.1) is 0 Å². The molecule has 0 aliphatic rings. The minimum Gasteiger partial charge on any atom is -0.429 e. The quantitative estimate of drug-likeness (QED) is 0.765. The number of hydrogen-bond acceptors (Lipinski definition) is 3. The molecular weight excluding hydrogens is 220 g/mol. The van der Waals surface area contributed by atoms with Crippen LogP contribution < -0.4 is 10.7 Å². The van der Waals surface area contributed by atoms with Gasteiger partial charge in [-0.05, 0) is 12.1 Å². The summed E-state index contributed by atoms with van der Waals surface area (Å²) < 4.78 is 0.668. The minimum atomic E-state index is -0.551. The SMILES string of the molecule is O=C(Nc1ccccc1)c1cn(O)ccc1=O. The van der Waals surface area contributed by atoms with Crippen molar-refractivity contribution in [2.45, 2.75) is 0 Å². The molecule has 1 aromatic heterocycles. The number of aromatic nitrogens is 1. The number of para-hydroxylation sites is 1. The first-order valence-electron chi connectivity index (χ1n) is 4.95. The normalized spacial score (nSPS) is 9.88. The number of benzene rings is 1. The lowest BCUT2D eigenvalue weighted by molar-refractivity contribution is 0.102. The predicted octanol–water partition coefficient (Wildman–Crippen LogP) is 1.34. The van der Waals surface area contributed by atoms with Crippen LogP contribution in [0.1, 0.15) is 10.4 Å². The summed E-state index contributed by atoms with van der Waals surface area (Å²) in [7, 11) is 0. The van der Waals surface area contributed by atoms with Crippen LogP contribution in [0.4, 0.5) is 5.69 Å². The molecule has 0 saturated heterocycles. The van der Waals surface area contributed by atoms with Gasteiger partial charge in [-0.1, -0.05) is 18.2 Å². The highest BCUT2D eigenvalue weighted by molar-refractivity contribution is 6.03. The molecule has 0 spiro atoms. The zero-order valence-electron chi connectivity index (χ0n) is 8.83. The van der Waals surface area contributed by atoms with Gasteiger partial charge < -0.3 is 10.5 Å². The van der Waals surface area contributed by atoms with E-state index in [1.54, 1.807) is 24.3 Å². The van der Waals surface area contributed by atoms with Gasteiger partial charge in [-0.2, -0.15) is 0 Å². The molecule has 5 nitrogen and oxygen atoms in total. The van der Waals surface area contributed by atoms with E-state index < -0.39 is 11.3 Å². The van der Waals surface area contributed by atoms with Crippen LogP contribution in [0.25, 0.3) is 0 Å². The van der Waals surface area contributed by atoms with Gasteiger partial charge in [-0.15, -0.1) is 0 Å². The van der Waals surface area contributed by atoms with Gasteiger partial charge in [0.15, 0.2) is 5.43 Å². The molecule has 0 radical (unpaired) electrons. The van der Waals surface area contributed by atoms with E-state index in [0.717, 1.165) is 12.3 Å². The molecule has 0 bridgehead atoms. The molecule has 2 rings (SSSR count). The fourth-order valence-electron chi connectivity index (χ4n) is 1.36. The first-order valence-corrected chi connectivity index (χ1v) is 4.95. The second-order valence-corrected chi connectivity index (χ2v) is 3.42. The maximum Gasteiger partial charge on any atom is 0.261 e. The second kappa shape index (κ2) is 4.52. The van der Waals surface area contributed by atoms with Crippen molar-refractivity contribution in [3.05, 3.63) is 64.6 Å². The molecule has 1 aromatic carbocycles. The second-order valence-electron chi connectivity index (χ2n) is 3.42. The molecular formula is C12H10N2O3.